The topological polar surface area (TPSA) is 33.2 Å². The summed E-state index contributed by atoms with van der Waals surface area (Å²) in [6.07, 6.45) is -2.44. The molecule has 0 unspecified atom stereocenters. The van der Waals surface area contributed by atoms with Gasteiger partial charge in [0.15, 0.2) is 5.78 Å². The average molecular weight is 272 g/mol. The molecule has 0 aliphatic carbocycles. The van der Waals surface area contributed by atoms with E-state index in [1.807, 2.05) is 0 Å². The Morgan fingerprint density at radius 2 is 2.00 bits per heavy atom. The van der Waals surface area contributed by atoms with E-state index in [4.69, 9.17) is 0 Å². The normalized spacial score (nSPS) is 17.6. The van der Waals surface area contributed by atoms with E-state index in [-0.39, 0.29) is 18.6 Å². The fraction of sp³-hybridized carbons (Fsp3) is 0.538. The van der Waals surface area contributed by atoms with Gasteiger partial charge in [-0.15, -0.1) is 0 Å². The fourth-order valence-electron chi connectivity index (χ4n) is 2.25. The van der Waals surface area contributed by atoms with Gasteiger partial charge < -0.3 is 4.90 Å². The number of ketones is 1. The molecule has 0 atom stereocenters. The maximum Gasteiger partial charge on any atom is 0.391 e. The zero-order valence-corrected chi connectivity index (χ0v) is 10.6. The number of piperidine rings is 1. The number of rotatable bonds is 2. The minimum Gasteiger partial charge on any atom is -0.357 e. The van der Waals surface area contributed by atoms with Crippen LogP contribution in [0.25, 0.3) is 0 Å². The second-order valence-corrected chi connectivity index (χ2v) is 4.76. The summed E-state index contributed by atoms with van der Waals surface area (Å²) in [5.74, 6) is -0.720. The van der Waals surface area contributed by atoms with E-state index < -0.39 is 12.1 Å². The molecule has 0 bridgehead atoms. The van der Waals surface area contributed by atoms with Crippen LogP contribution in [0.1, 0.15) is 30.1 Å². The SMILES string of the molecule is CC(=O)c1ccnc(N2CCC(C(F)(F)F)CC2)c1. The van der Waals surface area contributed by atoms with Gasteiger partial charge in [-0.2, -0.15) is 13.2 Å². The number of Topliss-reactive ketones (excluding diaryl/α,β-unsaturated/α-hetero) is 1. The van der Waals surface area contributed by atoms with Gasteiger partial charge in [0.2, 0.25) is 0 Å². The van der Waals surface area contributed by atoms with Crippen molar-refractivity contribution in [1.82, 2.24) is 4.98 Å². The molecular weight excluding hydrogens is 257 g/mol. The van der Waals surface area contributed by atoms with Crippen LogP contribution in [0, 0.1) is 5.92 Å². The molecule has 1 aromatic heterocycles. The number of hydrogen-bond donors (Lipinski definition) is 0. The van der Waals surface area contributed by atoms with Crippen LogP contribution in [-0.2, 0) is 0 Å². The molecule has 0 aromatic carbocycles. The van der Waals surface area contributed by atoms with E-state index >= 15 is 0 Å². The smallest absolute Gasteiger partial charge is 0.357 e. The first kappa shape index (κ1) is 13.8. The highest BCUT2D eigenvalue weighted by Crippen LogP contribution is 2.35. The molecular formula is C13H15F3N2O. The minimum absolute atomic E-state index is 0.0752. The van der Waals surface area contributed by atoms with Crippen molar-refractivity contribution in [1.29, 1.82) is 0 Å². The van der Waals surface area contributed by atoms with Crippen molar-refractivity contribution >= 4 is 11.6 Å². The lowest BCUT2D eigenvalue weighted by Gasteiger charge is -2.33. The zero-order chi connectivity index (χ0) is 14.0. The molecule has 1 aliphatic heterocycles. The monoisotopic (exact) mass is 272 g/mol. The molecule has 2 heterocycles. The molecule has 0 radical (unpaired) electrons. The largest absolute Gasteiger partial charge is 0.391 e. The second kappa shape index (κ2) is 5.19. The molecule has 1 saturated heterocycles. The quantitative estimate of drug-likeness (QED) is 0.776. The first-order valence-corrected chi connectivity index (χ1v) is 6.16. The first-order chi connectivity index (χ1) is 8.88. The lowest BCUT2D eigenvalue weighted by Crippen LogP contribution is -2.39. The molecule has 0 spiro atoms. The van der Waals surface area contributed by atoms with Gasteiger partial charge in [0, 0.05) is 24.8 Å². The Morgan fingerprint density at radius 3 is 2.53 bits per heavy atom. The number of carbonyl (C=O) groups excluding carboxylic acids is 1. The number of hydrogen-bond acceptors (Lipinski definition) is 3. The summed E-state index contributed by atoms with van der Waals surface area (Å²) in [4.78, 5) is 17.2. The summed E-state index contributed by atoms with van der Waals surface area (Å²) in [5.41, 5.74) is 0.531. The Hall–Kier alpha value is -1.59. The molecule has 0 amide bonds. The molecule has 19 heavy (non-hydrogen) atoms. The van der Waals surface area contributed by atoms with Gasteiger partial charge in [-0.25, -0.2) is 4.98 Å². The molecule has 2 rings (SSSR count). The molecule has 3 nitrogen and oxygen atoms in total. The van der Waals surface area contributed by atoms with Crippen molar-refractivity contribution in [3.8, 4) is 0 Å². The number of nitrogens with zero attached hydrogens (tertiary/aromatic N) is 2. The van der Waals surface area contributed by atoms with E-state index in [1.165, 1.54) is 13.1 Å². The maximum absolute atomic E-state index is 12.6. The molecule has 1 fully saturated rings. The van der Waals surface area contributed by atoms with Crippen molar-refractivity contribution in [2.24, 2.45) is 5.92 Å². The summed E-state index contributed by atoms with van der Waals surface area (Å²) in [5, 5.41) is 0. The van der Waals surface area contributed by atoms with Crippen molar-refractivity contribution < 1.29 is 18.0 Å². The second-order valence-electron chi connectivity index (χ2n) is 4.76. The van der Waals surface area contributed by atoms with Gasteiger partial charge in [-0.3, -0.25) is 4.79 Å². The summed E-state index contributed by atoms with van der Waals surface area (Å²) in [6.45, 7) is 2.09. The van der Waals surface area contributed by atoms with Gasteiger partial charge >= 0.3 is 6.18 Å². The average Bonchev–Trinajstić information content (AvgIpc) is 2.38. The van der Waals surface area contributed by atoms with E-state index in [0.717, 1.165) is 0 Å². The third-order valence-electron chi connectivity index (χ3n) is 3.43. The molecule has 1 aromatic rings. The summed E-state index contributed by atoms with van der Waals surface area (Å²) in [7, 11) is 0. The maximum atomic E-state index is 12.6. The molecule has 6 heteroatoms. The van der Waals surface area contributed by atoms with E-state index in [1.54, 1.807) is 17.0 Å². The van der Waals surface area contributed by atoms with Crippen LogP contribution < -0.4 is 4.90 Å². The number of carbonyl (C=O) groups is 1. The number of alkyl halides is 3. The summed E-state index contributed by atoms with van der Waals surface area (Å²) in [6, 6.07) is 3.24. The van der Waals surface area contributed by atoms with Gasteiger partial charge in [0.1, 0.15) is 5.82 Å². The Balaban J connectivity index is 2.05. The third kappa shape index (κ3) is 3.24. The van der Waals surface area contributed by atoms with Crippen molar-refractivity contribution in [3.63, 3.8) is 0 Å². The minimum atomic E-state index is -4.11. The lowest BCUT2D eigenvalue weighted by molar-refractivity contribution is -0.179. The zero-order valence-electron chi connectivity index (χ0n) is 10.6. The predicted molar refractivity (Wildman–Crippen MR) is 65.2 cm³/mol. The van der Waals surface area contributed by atoms with Crippen molar-refractivity contribution in [2.75, 3.05) is 18.0 Å². The first-order valence-electron chi connectivity index (χ1n) is 6.16. The molecule has 0 N–H and O–H groups in total. The molecule has 104 valence electrons. The van der Waals surface area contributed by atoms with Crippen molar-refractivity contribution in [3.05, 3.63) is 23.9 Å². The number of aromatic nitrogens is 1. The molecule has 0 saturated carbocycles. The van der Waals surface area contributed by atoms with Gasteiger partial charge in [0.05, 0.1) is 5.92 Å². The Kier molecular flexibility index (Phi) is 3.78. The van der Waals surface area contributed by atoms with Crippen LogP contribution in [0.4, 0.5) is 19.0 Å². The number of anilines is 1. The van der Waals surface area contributed by atoms with Gasteiger partial charge in [-0.05, 0) is 31.9 Å². The summed E-state index contributed by atoms with van der Waals surface area (Å²) >= 11 is 0. The van der Waals surface area contributed by atoms with Gasteiger partial charge in [0.25, 0.3) is 0 Å². The highest BCUT2D eigenvalue weighted by molar-refractivity contribution is 5.94. The Labute approximate surface area is 109 Å². The lowest BCUT2D eigenvalue weighted by atomic mass is 9.96. The van der Waals surface area contributed by atoms with Crippen LogP contribution in [0.2, 0.25) is 0 Å². The number of pyridine rings is 1. The van der Waals surface area contributed by atoms with Gasteiger partial charge in [-0.1, -0.05) is 0 Å². The van der Waals surface area contributed by atoms with Crippen molar-refractivity contribution in [2.45, 2.75) is 25.9 Å². The number of halogens is 3. The van der Waals surface area contributed by atoms with Crippen LogP contribution in [0.3, 0.4) is 0 Å². The summed E-state index contributed by atoms with van der Waals surface area (Å²) < 4.78 is 37.7. The molecule has 1 aliphatic rings. The van der Waals surface area contributed by atoms with Crippen LogP contribution >= 0.6 is 0 Å². The van der Waals surface area contributed by atoms with E-state index in [0.29, 0.717) is 24.5 Å². The highest BCUT2D eigenvalue weighted by Gasteiger charge is 2.41. The third-order valence-corrected chi connectivity index (χ3v) is 3.43. The Bertz CT molecular complexity index is 465. The highest BCUT2D eigenvalue weighted by atomic mass is 19.4. The van der Waals surface area contributed by atoms with Crippen LogP contribution in [-0.4, -0.2) is 30.0 Å². The van der Waals surface area contributed by atoms with E-state index in [9.17, 15) is 18.0 Å². The fourth-order valence-corrected chi connectivity index (χ4v) is 2.25. The Morgan fingerprint density at radius 1 is 1.37 bits per heavy atom. The van der Waals surface area contributed by atoms with Crippen LogP contribution in [0.5, 0.6) is 0 Å². The van der Waals surface area contributed by atoms with E-state index in [2.05, 4.69) is 4.98 Å². The predicted octanol–water partition coefficient (Wildman–Crippen LogP) is 3.06. The van der Waals surface area contributed by atoms with Crippen LogP contribution in [0.15, 0.2) is 18.3 Å². The standard InChI is InChI=1S/C13H15F3N2O/c1-9(19)10-2-5-17-12(8-10)18-6-3-11(4-7-18)13(14,15)16/h2,5,8,11H,3-4,6-7H2,1H3.